The molecule has 0 spiro atoms. The molecule has 5 nitrogen and oxygen atoms in total. The lowest BCUT2D eigenvalue weighted by Gasteiger charge is -2.23. The lowest BCUT2D eigenvalue weighted by atomic mass is 10.1. The summed E-state index contributed by atoms with van der Waals surface area (Å²) in [4.78, 5) is 15.5. The molecule has 1 aromatic rings. The second-order valence-corrected chi connectivity index (χ2v) is 3.86. The molecule has 1 fully saturated rings. The predicted octanol–water partition coefficient (Wildman–Crippen LogP) is 1.80. The Morgan fingerprint density at radius 3 is 2.44 bits per heavy atom. The molecule has 1 aliphatic heterocycles. The van der Waals surface area contributed by atoms with E-state index in [0.29, 0.717) is 0 Å². The molecule has 1 aromatic heterocycles. The van der Waals surface area contributed by atoms with Crippen LogP contribution in [-0.2, 0) is 0 Å². The van der Waals surface area contributed by atoms with Crippen LogP contribution in [0, 0.1) is 0 Å². The second kappa shape index (κ2) is 8.97. The summed E-state index contributed by atoms with van der Waals surface area (Å²) in [6.07, 6.45) is 5.29. The molecule has 0 radical (unpaired) electrons. The number of anilines is 1. The number of hydrogen-bond donors (Lipinski definition) is 3. The van der Waals surface area contributed by atoms with Gasteiger partial charge in [0.1, 0.15) is 0 Å². The summed E-state index contributed by atoms with van der Waals surface area (Å²) in [5, 5.41) is 8.99. The van der Waals surface area contributed by atoms with Gasteiger partial charge in [-0.15, -0.1) is 24.8 Å². The number of nitrogens with one attached hydrogen (secondary N) is 3. The first-order chi connectivity index (χ1) is 7.84. The number of amides is 2. The molecule has 0 bridgehead atoms. The Kier molecular flexibility index (Phi) is 8.45. The summed E-state index contributed by atoms with van der Waals surface area (Å²) in [5.74, 6) is 0. The van der Waals surface area contributed by atoms with Gasteiger partial charge in [0.25, 0.3) is 0 Å². The number of carbonyl (C=O) groups is 1. The number of aromatic nitrogens is 1. The Bertz CT molecular complexity index is 344. The molecule has 1 saturated heterocycles. The van der Waals surface area contributed by atoms with E-state index >= 15 is 0 Å². The number of nitrogens with zero attached hydrogens (tertiary/aromatic N) is 1. The van der Waals surface area contributed by atoms with E-state index in [4.69, 9.17) is 0 Å². The molecule has 0 aromatic carbocycles. The Hall–Kier alpha value is -1.04. The minimum atomic E-state index is -0.141. The largest absolute Gasteiger partial charge is 0.335 e. The molecule has 2 amide bonds. The summed E-state index contributed by atoms with van der Waals surface area (Å²) in [6, 6.07) is 3.67. The van der Waals surface area contributed by atoms with Crippen molar-refractivity contribution in [2.75, 3.05) is 18.4 Å². The topological polar surface area (TPSA) is 66.0 Å². The number of halogens is 2. The molecule has 2 rings (SSSR count). The van der Waals surface area contributed by atoms with Crippen LogP contribution >= 0.6 is 24.8 Å². The van der Waals surface area contributed by atoms with E-state index in [-0.39, 0.29) is 36.9 Å². The second-order valence-electron chi connectivity index (χ2n) is 3.86. The monoisotopic (exact) mass is 292 g/mol. The molecule has 18 heavy (non-hydrogen) atoms. The quantitative estimate of drug-likeness (QED) is 0.779. The summed E-state index contributed by atoms with van der Waals surface area (Å²) in [7, 11) is 0. The molecule has 102 valence electrons. The molecule has 0 unspecified atom stereocenters. The van der Waals surface area contributed by atoms with E-state index in [9.17, 15) is 4.79 Å². The zero-order valence-electron chi connectivity index (χ0n) is 9.89. The number of carbonyl (C=O) groups excluding carboxylic acids is 1. The Morgan fingerprint density at radius 2 is 1.83 bits per heavy atom. The van der Waals surface area contributed by atoms with Gasteiger partial charge in [0.2, 0.25) is 0 Å². The van der Waals surface area contributed by atoms with Crippen LogP contribution < -0.4 is 16.0 Å². The van der Waals surface area contributed by atoms with E-state index in [1.165, 1.54) is 0 Å². The van der Waals surface area contributed by atoms with Crippen LogP contribution in [0.25, 0.3) is 0 Å². The Morgan fingerprint density at radius 1 is 1.22 bits per heavy atom. The fourth-order valence-corrected chi connectivity index (χ4v) is 1.75. The van der Waals surface area contributed by atoms with Crippen molar-refractivity contribution in [3.63, 3.8) is 0 Å². The van der Waals surface area contributed by atoms with Gasteiger partial charge in [-0.2, -0.15) is 0 Å². The standard InChI is InChI=1S/C11H16N4O.2ClH/c16-11(14-9-1-5-12-6-2-9)15-10-3-7-13-8-4-10;;/h1-2,5-6,10,13H,3-4,7-8H2,(H2,12,14,15,16);2*1H. The number of hydrogen-bond acceptors (Lipinski definition) is 3. The highest BCUT2D eigenvalue weighted by atomic mass is 35.5. The van der Waals surface area contributed by atoms with Crippen molar-refractivity contribution >= 4 is 36.5 Å². The van der Waals surface area contributed by atoms with Crippen LogP contribution in [0.2, 0.25) is 0 Å². The first-order valence-corrected chi connectivity index (χ1v) is 5.53. The third kappa shape index (κ3) is 5.53. The van der Waals surface area contributed by atoms with Crippen LogP contribution in [0.3, 0.4) is 0 Å². The van der Waals surface area contributed by atoms with Crippen LogP contribution in [-0.4, -0.2) is 30.1 Å². The van der Waals surface area contributed by atoms with Crippen molar-refractivity contribution in [3.05, 3.63) is 24.5 Å². The SMILES string of the molecule is Cl.Cl.O=C(Nc1ccncc1)NC1CCNCC1. The average Bonchev–Trinajstić information content (AvgIpc) is 2.31. The van der Waals surface area contributed by atoms with Gasteiger partial charge in [-0.05, 0) is 38.1 Å². The molecule has 0 aliphatic carbocycles. The zero-order chi connectivity index (χ0) is 11.2. The van der Waals surface area contributed by atoms with Crippen LogP contribution in [0.5, 0.6) is 0 Å². The first-order valence-electron chi connectivity index (χ1n) is 5.53. The van der Waals surface area contributed by atoms with Crippen LogP contribution in [0.1, 0.15) is 12.8 Å². The van der Waals surface area contributed by atoms with Crippen LogP contribution in [0.4, 0.5) is 10.5 Å². The normalized spacial score (nSPS) is 14.9. The van der Waals surface area contributed by atoms with E-state index in [2.05, 4.69) is 20.9 Å². The number of urea groups is 1. The molecular weight excluding hydrogens is 275 g/mol. The fourth-order valence-electron chi connectivity index (χ4n) is 1.75. The third-order valence-corrected chi connectivity index (χ3v) is 2.61. The lowest BCUT2D eigenvalue weighted by molar-refractivity contribution is 0.245. The lowest BCUT2D eigenvalue weighted by Crippen LogP contribution is -2.44. The summed E-state index contributed by atoms with van der Waals surface area (Å²) >= 11 is 0. The summed E-state index contributed by atoms with van der Waals surface area (Å²) < 4.78 is 0. The van der Waals surface area contributed by atoms with E-state index in [1.807, 2.05) is 0 Å². The summed E-state index contributed by atoms with van der Waals surface area (Å²) in [5.41, 5.74) is 0.765. The molecule has 3 N–H and O–H groups in total. The van der Waals surface area contributed by atoms with Crippen molar-refractivity contribution in [1.82, 2.24) is 15.6 Å². The zero-order valence-corrected chi connectivity index (χ0v) is 11.5. The van der Waals surface area contributed by atoms with Crippen molar-refractivity contribution in [2.24, 2.45) is 0 Å². The van der Waals surface area contributed by atoms with Crippen molar-refractivity contribution in [1.29, 1.82) is 0 Å². The van der Waals surface area contributed by atoms with Gasteiger partial charge in [0, 0.05) is 24.1 Å². The molecule has 2 heterocycles. The number of pyridine rings is 1. The van der Waals surface area contributed by atoms with Gasteiger partial charge in [-0.3, -0.25) is 4.98 Å². The maximum Gasteiger partial charge on any atom is 0.319 e. The summed E-state index contributed by atoms with van der Waals surface area (Å²) in [6.45, 7) is 1.94. The van der Waals surface area contributed by atoms with E-state index in [1.54, 1.807) is 24.5 Å². The predicted molar refractivity (Wildman–Crippen MR) is 76.8 cm³/mol. The fraction of sp³-hybridized carbons (Fsp3) is 0.455. The highest BCUT2D eigenvalue weighted by Crippen LogP contribution is 2.05. The molecule has 0 atom stereocenters. The molecular formula is C11H18Cl2N4O. The minimum Gasteiger partial charge on any atom is -0.335 e. The smallest absolute Gasteiger partial charge is 0.319 e. The average molecular weight is 293 g/mol. The number of rotatable bonds is 2. The van der Waals surface area contributed by atoms with E-state index < -0.39 is 0 Å². The molecule has 7 heteroatoms. The van der Waals surface area contributed by atoms with Gasteiger partial charge in [-0.25, -0.2) is 4.79 Å². The van der Waals surface area contributed by atoms with Gasteiger partial charge in [-0.1, -0.05) is 0 Å². The maximum absolute atomic E-state index is 11.6. The van der Waals surface area contributed by atoms with Crippen LogP contribution in [0.15, 0.2) is 24.5 Å². The molecule has 0 saturated carbocycles. The van der Waals surface area contributed by atoms with Gasteiger partial charge in [0.15, 0.2) is 0 Å². The highest BCUT2D eigenvalue weighted by molar-refractivity contribution is 5.89. The Labute approximate surface area is 119 Å². The van der Waals surface area contributed by atoms with Gasteiger partial charge < -0.3 is 16.0 Å². The van der Waals surface area contributed by atoms with Crippen molar-refractivity contribution in [2.45, 2.75) is 18.9 Å². The minimum absolute atomic E-state index is 0. The van der Waals surface area contributed by atoms with E-state index in [0.717, 1.165) is 31.6 Å². The first kappa shape index (κ1) is 17.0. The molecule has 1 aliphatic rings. The number of piperidine rings is 1. The van der Waals surface area contributed by atoms with Gasteiger partial charge in [0.05, 0.1) is 0 Å². The van der Waals surface area contributed by atoms with Gasteiger partial charge >= 0.3 is 6.03 Å². The van der Waals surface area contributed by atoms with Crippen molar-refractivity contribution in [3.8, 4) is 0 Å². The third-order valence-electron chi connectivity index (χ3n) is 2.61. The maximum atomic E-state index is 11.6. The Balaban J connectivity index is 0.00000144. The van der Waals surface area contributed by atoms with Crippen molar-refractivity contribution < 1.29 is 4.79 Å². The highest BCUT2D eigenvalue weighted by Gasteiger charge is 2.14.